The van der Waals surface area contributed by atoms with Gasteiger partial charge >= 0.3 is 5.97 Å². The van der Waals surface area contributed by atoms with Gasteiger partial charge in [0.1, 0.15) is 5.76 Å². The lowest BCUT2D eigenvalue weighted by atomic mass is 9.85. The maximum atomic E-state index is 10.6. The predicted octanol–water partition coefficient (Wildman–Crippen LogP) is 2.83. The third-order valence-corrected chi connectivity index (χ3v) is 2.82. The molecule has 76 valence electrons. The Morgan fingerprint density at radius 3 is 3.21 bits per heavy atom. The third kappa shape index (κ3) is 1.77. The van der Waals surface area contributed by atoms with Crippen LogP contribution < -0.4 is 0 Å². The minimum atomic E-state index is -0.764. The van der Waals surface area contributed by atoms with Crippen LogP contribution in [0, 0.1) is 0 Å². The Kier molecular flexibility index (Phi) is 2.50. The average molecular weight is 215 g/mol. The first-order chi connectivity index (χ1) is 6.66. The fourth-order valence-corrected chi connectivity index (χ4v) is 2.25. The summed E-state index contributed by atoms with van der Waals surface area (Å²) in [6, 6.07) is 1.75. The van der Waals surface area contributed by atoms with Gasteiger partial charge in [-0.2, -0.15) is 0 Å². The van der Waals surface area contributed by atoms with E-state index in [9.17, 15) is 4.79 Å². The van der Waals surface area contributed by atoms with Gasteiger partial charge in [-0.3, -0.25) is 4.79 Å². The summed E-state index contributed by atoms with van der Waals surface area (Å²) in [6.07, 6.45) is 2.94. The topological polar surface area (TPSA) is 50.4 Å². The van der Waals surface area contributed by atoms with Crippen molar-refractivity contribution in [3.05, 3.63) is 22.6 Å². The van der Waals surface area contributed by atoms with Crippen molar-refractivity contribution in [2.45, 2.75) is 31.6 Å². The van der Waals surface area contributed by atoms with E-state index in [1.165, 1.54) is 0 Å². The minimum Gasteiger partial charge on any atom is -0.481 e. The smallest absolute Gasteiger partial charge is 0.303 e. The number of carboxylic acids is 1. The summed E-state index contributed by atoms with van der Waals surface area (Å²) in [7, 11) is 0. The Bertz CT molecular complexity index is 356. The van der Waals surface area contributed by atoms with E-state index >= 15 is 0 Å². The van der Waals surface area contributed by atoms with Crippen LogP contribution in [0.2, 0.25) is 5.22 Å². The summed E-state index contributed by atoms with van der Waals surface area (Å²) in [4.78, 5) is 10.6. The molecule has 0 saturated carbocycles. The monoisotopic (exact) mass is 214 g/mol. The molecule has 1 aliphatic rings. The minimum absolute atomic E-state index is 0.0764. The van der Waals surface area contributed by atoms with Crippen LogP contribution in [0.25, 0.3) is 0 Å². The quantitative estimate of drug-likeness (QED) is 0.824. The fourth-order valence-electron chi connectivity index (χ4n) is 2.04. The summed E-state index contributed by atoms with van der Waals surface area (Å²) in [6.45, 7) is 0. The van der Waals surface area contributed by atoms with E-state index in [4.69, 9.17) is 21.1 Å². The molecule has 4 heteroatoms. The number of aryl methyl sites for hydroxylation is 1. The van der Waals surface area contributed by atoms with Gasteiger partial charge in [-0.1, -0.05) is 0 Å². The molecule has 1 unspecified atom stereocenters. The van der Waals surface area contributed by atoms with E-state index in [0.29, 0.717) is 5.22 Å². The summed E-state index contributed by atoms with van der Waals surface area (Å²) >= 11 is 5.74. The zero-order valence-corrected chi connectivity index (χ0v) is 8.38. The number of hydrogen-bond acceptors (Lipinski definition) is 2. The van der Waals surface area contributed by atoms with Crippen molar-refractivity contribution in [3.63, 3.8) is 0 Å². The zero-order chi connectivity index (χ0) is 10.1. The van der Waals surface area contributed by atoms with Gasteiger partial charge in [0.2, 0.25) is 0 Å². The number of hydrogen-bond donors (Lipinski definition) is 1. The number of carbonyl (C=O) groups is 1. The molecule has 0 aromatic carbocycles. The van der Waals surface area contributed by atoms with E-state index in [-0.39, 0.29) is 12.3 Å². The predicted molar refractivity (Wildman–Crippen MR) is 51.6 cm³/mol. The lowest BCUT2D eigenvalue weighted by molar-refractivity contribution is -0.137. The van der Waals surface area contributed by atoms with Crippen molar-refractivity contribution in [3.8, 4) is 0 Å². The second kappa shape index (κ2) is 3.65. The van der Waals surface area contributed by atoms with Gasteiger partial charge in [-0.15, -0.1) is 0 Å². The Morgan fingerprint density at radius 1 is 1.71 bits per heavy atom. The average Bonchev–Trinajstić information content (AvgIpc) is 2.45. The SMILES string of the molecule is O=C(O)CC1CCCc2oc(Cl)cc21. The number of halogens is 1. The number of furan rings is 1. The van der Waals surface area contributed by atoms with Crippen LogP contribution >= 0.6 is 11.6 Å². The van der Waals surface area contributed by atoms with Gasteiger partial charge in [-0.05, 0) is 42.0 Å². The molecule has 1 N–H and O–H groups in total. The van der Waals surface area contributed by atoms with Gasteiger partial charge in [0.25, 0.3) is 0 Å². The molecule has 0 bridgehead atoms. The molecule has 0 radical (unpaired) electrons. The van der Waals surface area contributed by atoms with Crippen molar-refractivity contribution in [2.24, 2.45) is 0 Å². The van der Waals surface area contributed by atoms with Crippen LogP contribution in [0.5, 0.6) is 0 Å². The molecule has 14 heavy (non-hydrogen) atoms. The van der Waals surface area contributed by atoms with Crippen LogP contribution in [0.15, 0.2) is 10.5 Å². The molecule has 1 atom stereocenters. The molecule has 0 fully saturated rings. The third-order valence-electron chi connectivity index (χ3n) is 2.63. The maximum Gasteiger partial charge on any atom is 0.303 e. The van der Waals surface area contributed by atoms with E-state index in [2.05, 4.69) is 0 Å². The molecule has 1 heterocycles. The van der Waals surface area contributed by atoms with Crippen molar-refractivity contribution < 1.29 is 14.3 Å². The van der Waals surface area contributed by atoms with Crippen molar-refractivity contribution in [2.75, 3.05) is 0 Å². The normalized spacial score (nSPS) is 20.5. The lowest BCUT2D eigenvalue weighted by Crippen LogP contribution is -2.11. The molecule has 2 rings (SSSR count). The van der Waals surface area contributed by atoms with Gasteiger partial charge in [-0.25, -0.2) is 0 Å². The standard InChI is InChI=1S/C10H11ClO3/c11-9-5-7-6(4-10(12)13)2-1-3-8(7)14-9/h5-6H,1-4H2,(H,12,13). The Morgan fingerprint density at radius 2 is 2.50 bits per heavy atom. The molecule has 1 aromatic heterocycles. The van der Waals surface area contributed by atoms with E-state index < -0.39 is 5.97 Å². The molecule has 0 aliphatic heterocycles. The lowest BCUT2D eigenvalue weighted by Gasteiger charge is -2.19. The van der Waals surface area contributed by atoms with Crippen LogP contribution in [0.3, 0.4) is 0 Å². The summed E-state index contributed by atoms with van der Waals surface area (Å²) < 4.78 is 5.29. The highest BCUT2D eigenvalue weighted by molar-refractivity contribution is 6.28. The zero-order valence-electron chi connectivity index (χ0n) is 7.62. The molecular formula is C10H11ClO3. The van der Waals surface area contributed by atoms with Crippen molar-refractivity contribution >= 4 is 17.6 Å². The number of carboxylic acid groups (broad SMARTS) is 1. The molecule has 0 saturated heterocycles. The summed E-state index contributed by atoms with van der Waals surface area (Å²) in [5.41, 5.74) is 0.989. The molecule has 1 aliphatic carbocycles. The van der Waals surface area contributed by atoms with Gasteiger partial charge < -0.3 is 9.52 Å². The Labute approximate surface area is 86.7 Å². The highest BCUT2D eigenvalue weighted by atomic mass is 35.5. The highest BCUT2D eigenvalue weighted by Gasteiger charge is 2.25. The summed E-state index contributed by atoms with van der Waals surface area (Å²) in [5, 5.41) is 9.10. The Balaban J connectivity index is 2.25. The summed E-state index contributed by atoms with van der Waals surface area (Å²) in [5.74, 6) is 0.181. The number of aliphatic carboxylic acids is 1. The van der Waals surface area contributed by atoms with Crippen molar-refractivity contribution in [1.29, 1.82) is 0 Å². The second-order valence-corrected chi connectivity index (χ2v) is 3.99. The second-order valence-electron chi connectivity index (χ2n) is 3.62. The van der Waals surface area contributed by atoms with Gasteiger partial charge in [0, 0.05) is 6.42 Å². The van der Waals surface area contributed by atoms with Crippen molar-refractivity contribution in [1.82, 2.24) is 0 Å². The fraction of sp³-hybridized carbons (Fsp3) is 0.500. The number of rotatable bonds is 2. The molecule has 1 aromatic rings. The molecule has 0 amide bonds. The van der Waals surface area contributed by atoms with E-state index in [0.717, 1.165) is 30.6 Å². The number of fused-ring (bicyclic) bond motifs is 1. The van der Waals surface area contributed by atoms with Crippen LogP contribution in [-0.4, -0.2) is 11.1 Å². The molecule has 3 nitrogen and oxygen atoms in total. The molecule has 0 spiro atoms. The van der Waals surface area contributed by atoms with Gasteiger partial charge in [0.05, 0.1) is 6.42 Å². The van der Waals surface area contributed by atoms with E-state index in [1.54, 1.807) is 6.07 Å². The Hall–Kier alpha value is -0.960. The van der Waals surface area contributed by atoms with Gasteiger partial charge in [0.15, 0.2) is 5.22 Å². The first kappa shape index (κ1) is 9.59. The first-order valence-corrected chi connectivity index (χ1v) is 5.04. The van der Waals surface area contributed by atoms with Crippen LogP contribution in [-0.2, 0) is 11.2 Å². The molecular weight excluding hydrogens is 204 g/mol. The largest absolute Gasteiger partial charge is 0.481 e. The van der Waals surface area contributed by atoms with E-state index in [1.807, 2.05) is 0 Å². The highest BCUT2D eigenvalue weighted by Crippen LogP contribution is 2.37. The first-order valence-electron chi connectivity index (χ1n) is 4.66. The van der Waals surface area contributed by atoms with Crippen LogP contribution in [0.4, 0.5) is 0 Å². The van der Waals surface area contributed by atoms with Crippen LogP contribution in [0.1, 0.15) is 36.5 Å². The maximum absolute atomic E-state index is 10.6.